The van der Waals surface area contributed by atoms with Crippen LogP contribution >= 0.6 is 0 Å². The Balaban J connectivity index is 1.40. The second-order valence-corrected chi connectivity index (χ2v) is 6.62. The summed E-state index contributed by atoms with van der Waals surface area (Å²) in [4.78, 5) is 16.9. The van der Waals surface area contributed by atoms with Gasteiger partial charge in [0, 0.05) is 38.3 Å². The van der Waals surface area contributed by atoms with Gasteiger partial charge in [-0.1, -0.05) is 0 Å². The minimum absolute atomic E-state index is 0.0807. The van der Waals surface area contributed by atoms with Crippen LogP contribution in [0.4, 0.5) is 0 Å². The Labute approximate surface area is 166 Å². The molecule has 2 aromatic rings. The first kappa shape index (κ1) is 20.0. The second kappa shape index (κ2) is 9.99. The van der Waals surface area contributed by atoms with Crippen LogP contribution in [0.2, 0.25) is 0 Å². The van der Waals surface area contributed by atoms with Crippen molar-refractivity contribution in [2.75, 3.05) is 53.0 Å². The van der Waals surface area contributed by atoms with Gasteiger partial charge in [0.05, 0.1) is 13.7 Å². The van der Waals surface area contributed by atoms with Crippen LogP contribution in [0.3, 0.4) is 0 Å². The molecule has 0 unspecified atom stereocenters. The van der Waals surface area contributed by atoms with Gasteiger partial charge in [0.2, 0.25) is 0 Å². The molecule has 1 aliphatic heterocycles. The van der Waals surface area contributed by atoms with Crippen LogP contribution in [0.1, 0.15) is 17.3 Å². The van der Waals surface area contributed by atoms with Gasteiger partial charge >= 0.3 is 0 Å². The lowest BCUT2D eigenvalue weighted by atomic mass is 10.1. The molecule has 0 aliphatic carbocycles. The molecule has 0 radical (unpaired) electrons. The number of rotatable bonds is 8. The van der Waals surface area contributed by atoms with E-state index in [0.717, 1.165) is 50.0 Å². The van der Waals surface area contributed by atoms with Crippen molar-refractivity contribution in [3.8, 4) is 17.2 Å². The zero-order valence-electron chi connectivity index (χ0n) is 16.6. The lowest BCUT2D eigenvalue weighted by molar-refractivity contribution is 0.0620. The molecule has 1 fully saturated rings. The summed E-state index contributed by atoms with van der Waals surface area (Å²) in [5.74, 6) is 2.53. The number of methoxy groups -OCH3 is 1. The number of benzene rings is 2. The molecule has 0 atom stereocenters. The quantitative estimate of drug-likeness (QED) is 0.700. The minimum atomic E-state index is 0.0807. The molecule has 1 amide bonds. The van der Waals surface area contributed by atoms with E-state index in [-0.39, 0.29) is 5.91 Å². The zero-order chi connectivity index (χ0) is 19.8. The summed E-state index contributed by atoms with van der Waals surface area (Å²) in [6.45, 7) is 7.21. The van der Waals surface area contributed by atoms with E-state index >= 15 is 0 Å². The number of carbonyl (C=O) groups excluding carboxylic acids is 1. The maximum Gasteiger partial charge on any atom is 0.253 e. The van der Waals surface area contributed by atoms with E-state index in [9.17, 15) is 4.79 Å². The topological polar surface area (TPSA) is 51.2 Å². The Morgan fingerprint density at radius 2 is 1.43 bits per heavy atom. The van der Waals surface area contributed by atoms with E-state index in [1.165, 1.54) is 0 Å². The zero-order valence-corrected chi connectivity index (χ0v) is 16.6. The smallest absolute Gasteiger partial charge is 0.253 e. The third-order valence-corrected chi connectivity index (χ3v) is 4.81. The third kappa shape index (κ3) is 5.39. The van der Waals surface area contributed by atoms with Crippen molar-refractivity contribution >= 4 is 5.91 Å². The van der Waals surface area contributed by atoms with Gasteiger partial charge in [-0.2, -0.15) is 0 Å². The van der Waals surface area contributed by atoms with Crippen LogP contribution in [-0.4, -0.2) is 68.8 Å². The Kier molecular flexibility index (Phi) is 7.14. The van der Waals surface area contributed by atoms with E-state index < -0.39 is 0 Å². The molecular weight excluding hydrogens is 356 g/mol. The standard InChI is InChI=1S/C22H28N2O4/c1-3-27-20-6-4-18(5-7-20)22(25)24-14-12-23(13-15-24)16-17-28-21-10-8-19(26-2)9-11-21/h4-11H,3,12-17H2,1-2H3. The third-order valence-electron chi connectivity index (χ3n) is 4.81. The molecule has 150 valence electrons. The van der Waals surface area contributed by atoms with Crippen LogP contribution in [0.5, 0.6) is 17.2 Å². The summed E-state index contributed by atoms with van der Waals surface area (Å²) in [6.07, 6.45) is 0. The van der Waals surface area contributed by atoms with E-state index in [2.05, 4.69) is 4.90 Å². The number of hydrogen-bond acceptors (Lipinski definition) is 5. The highest BCUT2D eigenvalue weighted by Crippen LogP contribution is 2.17. The van der Waals surface area contributed by atoms with Gasteiger partial charge in [0.1, 0.15) is 23.9 Å². The van der Waals surface area contributed by atoms with Crippen LogP contribution < -0.4 is 14.2 Å². The molecule has 6 heteroatoms. The van der Waals surface area contributed by atoms with Gasteiger partial charge in [0.25, 0.3) is 5.91 Å². The van der Waals surface area contributed by atoms with E-state index in [1.807, 2.05) is 60.4 Å². The molecule has 0 aromatic heterocycles. The van der Waals surface area contributed by atoms with Crippen molar-refractivity contribution in [2.24, 2.45) is 0 Å². The number of carbonyl (C=O) groups is 1. The fourth-order valence-corrected chi connectivity index (χ4v) is 3.18. The fraction of sp³-hybridized carbons (Fsp3) is 0.409. The van der Waals surface area contributed by atoms with Crippen molar-refractivity contribution < 1.29 is 19.0 Å². The SMILES string of the molecule is CCOc1ccc(C(=O)N2CCN(CCOc3ccc(OC)cc3)CC2)cc1. The molecule has 0 N–H and O–H groups in total. The van der Waals surface area contributed by atoms with Crippen LogP contribution in [0.25, 0.3) is 0 Å². The first-order valence-corrected chi connectivity index (χ1v) is 9.71. The van der Waals surface area contributed by atoms with Crippen molar-refractivity contribution in [3.63, 3.8) is 0 Å². The lowest BCUT2D eigenvalue weighted by Crippen LogP contribution is -2.49. The number of ether oxygens (including phenoxy) is 3. The maximum atomic E-state index is 12.7. The van der Waals surface area contributed by atoms with Crippen LogP contribution in [-0.2, 0) is 0 Å². The number of amides is 1. The molecule has 6 nitrogen and oxygen atoms in total. The normalized spacial score (nSPS) is 14.6. The molecule has 2 aromatic carbocycles. The van der Waals surface area contributed by atoms with Crippen molar-refractivity contribution in [1.29, 1.82) is 0 Å². The fourth-order valence-electron chi connectivity index (χ4n) is 3.18. The van der Waals surface area contributed by atoms with E-state index in [4.69, 9.17) is 14.2 Å². The Morgan fingerprint density at radius 3 is 2.04 bits per heavy atom. The van der Waals surface area contributed by atoms with Crippen LogP contribution in [0.15, 0.2) is 48.5 Å². The molecule has 0 saturated carbocycles. The largest absolute Gasteiger partial charge is 0.497 e. The Hall–Kier alpha value is -2.73. The van der Waals surface area contributed by atoms with Gasteiger partial charge in [-0.3, -0.25) is 9.69 Å². The van der Waals surface area contributed by atoms with E-state index in [1.54, 1.807) is 7.11 Å². The number of piperazine rings is 1. The lowest BCUT2D eigenvalue weighted by Gasteiger charge is -2.34. The van der Waals surface area contributed by atoms with Gasteiger partial charge in [0.15, 0.2) is 0 Å². The highest BCUT2D eigenvalue weighted by Gasteiger charge is 2.22. The molecule has 0 bridgehead atoms. The predicted molar refractivity (Wildman–Crippen MR) is 108 cm³/mol. The molecule has 1 saturated heterocycles. The van der Waals surface area contributed by atoms with Gasteiger partial charge in [-0.25, -0.2) is 0 Å². The molecule has 0 spiro atoms. The predicted octanol–water partition coefficient (Wildman–Crippen LogP) is 2.93. The van der Waals surface area contributed by atoms with Gasteiger partial charge < -0.3 is 19.1 Å². The van der Waals surface area contributed by atoms with Crippen LogP contribution in [0, 0.1) is 0 Å². The molecule has 28 heavy (non-hydrogen) atoms. The minimum Gasteiger partial charge on any atom is -0.497 e. The summed E-state index contributed by atoms with van der Waals surface area (Å²) in [7, 11) is 1.65. The number of hydrogen-bond donors (Lipinski definition) is 0. The van der Waals surface area contributed by atoms with Crippen molar-refractivity contribution in [3.05, 3.63) is 54.1 Å². The first-order chi connectivity index (χ1) is 13.7. The molecule has 1 heterocycles. The summed E-state index contributed by atoms with van der Waals surface area (Å²) < 4.78 is 16.4. The average Bonchev–Trinajstić information content (AvgIpc) is 2.75. The van der Waals surface area contributed by atoms with Gasteiger partial charge in [-0.15, -0.1) is 0 Å². The first-order valence-electron chi connectivity index (χ1n) is 9.71. The Bertz CT molecular complexity index is 738. The van der Waals surface area contributed by atoms with Gasteiger partial charge in [-0.05, 0) is 55.5 Å². The molecular formula is C22H28N2O4. The molecule has 3 rings (SSSR count). The van der Waals surface area contributed by atoms with E-state index in [0.29, 0.717) is 18.8 Å². The summed E-state index contributed by atoms with van der Waals surface area (Å²) in [5.41, 5.74) is 0.708. The maximum absolute atomic E-state index is 12.7. The average molecular weight is 384 g/mol. The molecule has 1 aliphatic rings. The summed E-state index contributed by atoms with van der Waals surface area (Å²) in [5, 5.41) is 0. The summed E-state index contributed by atoms with van der Waals surface area (Å²) in [6, 6.07) is 15.0. The van der Waals surface area contributed by atoms with Crippen molar-refractivity contribution in [2.45, 2.75) is 6.92 Å². The number of nitrogens with zero attached hydrogens (tertiary/aromatic N) is 2. The van der Waals surface area contributed by atoms with Crippen molar-refractivity contribution in [1.82, 2.24) is 9.80 Å². The highest BCUT2D eigenvalue weighted by molar-refractivity contribution is 5.94. The monoisotopic (exact) mass is 384 g/mol. The Morgan fingerprint density at radius 1 is 0.857 bits per heavy atom. The second-order valence-electron chi connectivity index (χ2n) is 6.62. The highest BCUT2D eigenvalue weighted by atomic mass is 16.5. The summed E-state index contributed by atoms with van der Waals surface area (Å²) >= 11 is 0.